The molecule has 2 amide bonds. The van der Waals surface area contributed by atoms with E-state index in [0.717, 1.165) is 18.4 Å². The molecule has 0 saturated carbocycles. The van der Waals surface area contributed by atoms with E-state index in [0.29, 0.717) is 29.1 Å². The van der Waals surface area contributed by atoms with Gasteiger partial charge in [0.25, 0.3) is 5.91 Å². The zero-order chi connectivity index (χ0) is 18.8. The van der Waals surface area contributed by atoms with Gasteiger partial charge in [0.1, 0.15) is 18.2 Å². The zero-order valence-corrected chi connectivity index (χ0v) is 14.6. The Labute approximate surface area is 155 Å². The number of fused-ring (bicyclic) bond motifs is 1. The van der Waals surface area contributed by atoms with Gasteiger partial charge in [0, 0.05) is 6.54 Å². The normalized spacial score (nSPS) is 16.6. The van der Waals surface area contributed by atoms with Gasteiger partial charge in [-0.3, -0.25) is 9.69 Å². The number of oxazole rings is 1. The molecule has 1 fully saturated rings. The fraction of sp³-hybridized carbons (Fsp3) is 0.250. The van der Waals surface area contributed by atoms with Crippen LogP contribution in [0.4, 0.5) is 4.79 Å². The Morgan fingerprint density at radius 2 is 2.00 bits per heavy atom. The third-order valence-electron chi connectivity index (χ3n) is 4.68. The molecule has 7 nitrogen and oxygen atoms in total. The summed E-state index contributed by atoms with van der Waals surface area (Å²) in [6, 6.07) is 14.2. The summed E-state index contributed by atoms with van der Waals surface area (Å²) in [4.78, 5) is 30.2. The number of likely N-dealkylation sites (tertiary alicyclic amines) is 1. The van der Waals surface area contributed by atoms with E-state index in [9.17, 15) is 9.59 Å². The second-order valence-corrected chi connectivity index (χ2v) is 6.46. The molecule has 1 aliphatic heterocycles. The maximum atomic E-state index is 12.6. The standard InChI is InChI=1S/C20H19N3O4/c21-18(24)14-8-4-10-16-17(14)22-19(27-16)15-9-5-11-23(15)20(25)26-12-13-6-2-1-3-7-13/h1-4,6-8,10,15H,5,9,11-12H2,(H2,21,24). The maximum absolute atomic E-state index is 12.6. The predicted molar refractivity (Wildman–Crippen MR) is 97.8 cm³/mol. The van der Waals surface area contributed by atoms with Crippen LogP contribution < -0.4 is 5.73 Å². The first-order valence-electron chi connectivity index (χ1n) is 8.80. The predicted octanol–water partition coefficient (Wildman–Crippen LogP) is 3.40. The third kappa shape index (κ3) is 3.36. The number of para-hydroxylation sites is 1. The van der Waals surface area contributed by atoms with Gasteiger partial charge in [-0.15, -0.1) is 0 Å². The minimum absolute atomic E-state index is 0.211. The number of aromatic nitrogens is 1. The average Bonchev–Trinajstić information content (AvgIpc) is 3.33. The Kier molecular flexibility index (Phi) is 4.50. The molecule has 2 heterocycles. The lowest BCUT2D eigenvalue weighted by atomic mass is 10.2. The lowest BCUT2D eigenvalue weighted by Gasteiger charge is -2.21. The summed E-state index contributed by atoms with van der Waals surface area (Å²) in [5.74, 6) is -0.168. The lowest BCUT2D eigenvalue weighted by Crippen LogP contribution is -2.31. The molecule has 4 rings (SSSR count). The van der Waals surface area contributed by atoms with Crippen molar-refractivity contribution < 1.29 is 18.7 Å². The molecule has 0 bridgehead atoms. The molecule has 7 heteroatoms. The fourth-order valence-electron chi connectivity index (χ4n) is 3.35. The van der Waals surface area contributed by atoms with Gasteiger partial charge in [-0.05, 0) is 30.5 Å². The van der Waals surface area contributed by atoms with Crippen molar-refractivity contribution in [3.8, 4) is 0 Å². The highest BCUT2D eigenvalue weighted by Crippen LogP contribution is 2.34. The smallest absolute Gasteiger partial charge is 0.410 e. The van der Waals surface area contributed by atoms with Gasteiger partial charge >= 0.3 is 6.09 Å². The van der Waals surface area contributed by atoms with Crippen LogP contribution in [0.2, 0.25) is 0 Å². The SMILES string of the molecule is NC(=O)c1cccc2oc(C3CCCN3C(=O)OCc3ccccc3)nc12. The van der Waals surface area contributed by atoms with Crippen molar-refractivity contribution in [2.45, 2.75) is 25.5 Å². The minimum atomic E-state index is -0.564. The highest BCUT2D eigenvalue weighted by molar-refractivity contribution is 6.03. The van der Waals surface area contributed by atoms with Crippen molar-refractivity contribution in [3.63, 3.8) is 0 Å². The van der Waals surface area contributed by atoms with Crippen LogP contribution in [0, 0.1) is 0 Å². The van der Waals surface area contributed by atoms with Crippen molar-refractivity contribution in [1.82, 2.24) is 9.88 Å². The van der Waals surface area contributed by atoms with Gasteiger partial charge in [0.05, 0.1) is 5.56 Å². The van der Waals surface area contributed by atoms with Gasteiger partial charge in [-0.25, -0.2) is 9.78 Å². The van der Waals surface area contributed by atoms with Gasteiger partial charge in [-0.2, -0.15) is 0 Å². The highest BCUT2D eigenvalue weighted by atomic mass is 16.6. The summed E-state index contributed by atoms with van der Waals surface area (Å²) in [5.41, 5.74) is 7.54. The van der Waals surface area contributed by atoms with Crippen LogP contribution in [-0.4, -0.2) is 28.4 Å². The van der Waals surface area contributed by atoms with Crippen LogP contribution in [-0.2, 0) is 11.3 Å². The number of nitrogens with zero attached hydrogens (tertiary/aromatic N) is 2. The summed E-state index contributed by atoms with van der Waals surface area (Å²) in [6.07, 6.45) is 1.14. The molecule has 1 aromatic heterocycles. The number of hydrogen-bond donors (Lipinski definition) is 1. The summed E-state index contributed by atoms with van der Waals surface area (Å²) in [5, 5.41) is 0. The van der Waals surface area contributed by atoms with E-state index >= 15 is 0 Å². The molecule has 1 aliphatic rings. The monoisotopic (exact) mass is 365 g/mol. The quantitative estimate of drug-likeness (QED) is 0.764. The number of hydrogen-bond acceptors (Lipinski definition) is 5. The van der Waals surface area contributed by atoms with Crippen LogP contribution >= 0.6 is 0 Å². The van der Waals surface area contributed by atoms with Crippen LogP contribution in [0.1, 0.15) is 40.7 Å². The van der Waals surface area contributed by atoms with E-state index in [1.807, 2.05) is 30.3 Å². The summed E-state index contributed by atoms with van der Waals surface area (Å²) < 4.78 is 11.3. The number of rotatable bonds is 4. The topological polar surface area (TPSA) is 98.7 Å². The molecular formula is C20H19N3O4. The van der Waals surface area contributed by atoms with E-state index < -0.39 is 12.0 Å². The fourth-order valence-corrected chi connectivity index (χ4v) is 3.35. The number of nitrogens with two attached hydrogens (primary N) is 1. The second kappa shape index (κ2) is 7.11. The molecule has 0 radical (unpaired) electrons. The molecule has 2 aromatic carbocycles. The zero-order valence-electron chi connectivity index (χ0n) is 14.6. The Morgan fingerprint density at radius 1 is 1.19 bits per heavy atom. The van der Waals surface area contributed by atoms with Gasteiger partial charge in [-0.1, -0.05) is 36.4 Å². The molecule has 2 N–H and O–H groups in total. The van der Waals surface area contributed by atoms with Crippen LogP contribution in [0.15, 0.2) is 52.9 Å². The van der Waals surface area contributed by atoms with E-state index in [1.54, 1.807) is 23.1 Å². The highest BCUT2D eigenvalue weighted by Gasteiger charge is 2.35. The van der Waals surface area contributed by atoms with Gasteiger partial charge in [0.15, 0.2) is 5.58 Å². The molecule has 3 aromatic rings. The van der Waals surface area contributed by atoms with Gasteiger partial charge in [0.2, 0.25) is 5.89 Å². The van der Waals surface area contributed by atoms with Crippen LogP contribution in [0.25, 0.3) is 11.1 Å². The average molecular weight is 365 g/mol. The molecule has 0 spiro atoms. The van der Waals surface area contributed by atoms with Crippen molar-refractivity contribution in [1.29, 1.82) is 0 Å². The summed E-state index contributed by atoms with van der Waals surface area (Å²) >= 11 is 0. The molecule has 1 atom stereocenters. The number of carbonyl (C=O) groups is 2. The van der Waals surface area contributed by atoms with Crippen molar-refractivity contribution >= 4 is 23.1 Å². The Bertz CT molecular complexity index is 983. The number of benzene rings is 2. The Balaban J connectivity index is 1.54. The Hall–Kier alpha value is -3.35. The van der Waals surface area contributed by atoms with Crippen molar-refractivity contribution in [2.24, 2.45) is 5.73 Å². The summed E-state index contributed by atoms with van der Waals surface area (Å²) in [6.45, 7) is 0.780. The first-order chi connectivity index (χ1) is 13.1. The second-order valence-electron chi connectivity index (χ2n) is 6.46. The Morgan fingerprint density at radius 3 is 2.78 bits per heavy atom. The molecule has 0 aliphatic carbocycles. The summed E-state index contributed by atoms with van der Waals surface area (Å²) in [7, 11) is 0. The molecular weight excluding hydrogens is 346 g/mol. The van der Waals surface area contributed by atoms with E-state index in [4.69, 9.17) is 14.9 Å². The number of carbonyl (C=O) groups excluding carboxylic acids is 2. The molecule has 138 valence electrons. The molecule has 1 unspecified atom stereocenters. The first kappa shape index (κ1) is 17.1. The van der Waals surface area contributed by atoms with Crippen molar-refractivity contribution in [2.75, 3.05) is 6.54 Å². The maximum Gasteiger partial charge on any atom is 0.410 e. The number of primary amides is 1. The number of amides is 2. The van der Waals surface area contributed by atoms with Crippen LogP contribution in [0.5, 0.6) is 0 Å². The van der Waals surface area contributed by atoms with E-state index in [1.165, 1.54) is 0 Å². The minimum Gasteiger partial charge on any atom is -0.445 e. The van der Waals surface area contributed by atoms with E-state index in [2.05, 4.69) is 4.98 Å². The van der Waals surface area contributed by atoms with Crippen LogP contribution in [0.3, 0.4) is 0 Å². The molecule has 1 saturated heterocycles. The third-order valence-corrected chi connectivity index (χ3v) is 4.68. The van der Waals surface area contributed by atoms with E-state index in [-0.39, 0.29) is 12.6 Å². The van der Waals surface area contributed by atoms with Gasteiger partial charge < -0.3 is 14.9 Å². The number of ether oxygens (including phenoxy) is 1. The van der Waals surface area contributed by atoms with Crippen molar-refractivity contribution in [3.05, 3.63) is 65.5 Å². The largest absolute Gasteiger partial charge is 0.445 e. The first-order valence-corrected chi connectivity index (χ1v) is 8.80. The lowest BCUT2D eigenvalue weighted by molar-refractivity contribution is 0.0880. The molecule has 27 heavy (non-hydrogen) atoms.